The van der Waals surface area contributed by atoms with Gasteiger partial charge in [0.05, 0.1) is 22.1 Å². The summed E-state index contributed by atoms with van der Waals surface area (Å²) >= 11 is 4.78. The van der Waals surface area contributed by atoms with Gasteiger partial charge in [-0.25, -0.2) is 9.78 Å². The lowest BCUT2D eigenvalue weighted by Gasteiger charge is -2.07. The highest BCUT2D eigenvalue weighted by Crippen LogP contribution is 2.38. The van der Waals surface area contributed by atoms with E-state index >= 15 is 0 Å². The van der Waals surface area contributed by atoms with Gasteiger partial charge < -0.3 is 5.32 Å². The predicted molar refractivity (Wildman–Crippen MR) is 114 cm³/mol. The minimum atomic E-state index is -0.275. The number of carbonyl (C=O) groups is 1. The molecule has 0 fully saturated rings. The van der Waals surface area contributed by atoms with Gasteiger partial charge in [-0.05, 0) is 58.7 Å². The number of halogens is 1. The molecule has 2 N–H and O–H groups in total. The molecule has 0 saturated carbocycles. The number of pyridine rings is 1. The van der Waals surface area contributed by atoms with Crippen LogP contribution in [0.1, 0.15) is 6.92 Å². The van der Waals surface area contributed by atoms with Crippen LogP contribution >= 0.6 is 27.3 Å². The van der Waals surface area contributed by atoms with Crippen LogP contribution in [0.2, 0.25) is 0 Å². The molecule has 1 aromatic carbocycles. The summed E-state index contributed by atoms with van der Waals surface area (Å²) in [4.78, 5) is 21.0. The SMILES string of the molecule is CCNC(=O)Nc1nc2cc(-c3cnnc(Br)c3)cc(-c3ccccn3)c2s1. The second-order valence-corrected chi connectivity index (χ2v) is 7.67. The van der Waals surface area contributed by atoms with Crippen molar-refractivity contribution in [3.8, 4) is 22.4 Å². The Balaban J connectivity index is 1.87. The fourth-order valence-electron chi connectivity index (χ4n) is 2.77. The van der Waals surface area contributed by atoms with Gasteiger partial charge in [-0.1, -0.05) is 17.4 Å². The van der Waals surface area contributed by atoms with Gasteiger partial charge in [0.2, 0.25) is 0 Å². The van der Waals surface area contributed by atoms with E-state index < -0.39 is 0 Å². The Kier molecular flexibility index (Phi) is 5.27. The lowest BCUT2D eigenvalue weighted by Crippen LogP contribution is -2.28. The Bertz CT molecular complexity index is 1150. The van der Waals surface area contributed by atoms with E-state index in [-0.39, 0.29) is 6.03 Å². The molecule has 3 heterocycles. The Morgan fingerprint density at radius 3 is 2.86 bits per heavy atom. The van der Waals surface area contributed by atoms with Gasteiger partial charge in [0.25, 0.3) is 0 Å². The van der Waals surface area contributed by atoms with Crippen LogP contribution < -0.4 is 10.6 Å². The average molecular weight is 455 g/mol. The van der Waals surface area contributed by atoms with Crippen LogP contribution in [-0.2, 0) is 0 Å². The molecule has 3 aromatic heterocycles. The number of benzene rings is 1. The number of urea groups is 1. The molecule has 0 bridgehead atoms. The van der Waals surface area contributed by atoms with E-state index in [4.69, 9.17) is 0 Å². The van der Waals surface area contributed by atoms with Crippen LogP contribution in [0, 0.1) is 0 Å². The smallest absolute Gasteiger partial charge is 0.321 e. The van der Waals surface area contributed by atoms with Crippen molar-refractivity contribution >= 4 is 48.6 Å². The van der Waals surface area contributed by atoms with Crippen LogP contribution in [0.15, 0.2) is 53.4 Å². The third kappa shape index (κ3) is 3.85. The summed E-state index contributed by atoms with van der Waals surface area (Å²) in [6.45, 7) is 2.41. The maximum absolute atomic E-state index is 11.9. The Morgan fingerprint density at radius 1 is 1.21 bits per heavy atom. The average Bonchev–Trinajstić information content (AvgIpc) is 3.10. The van der Waals surface area contributed by atoms with Crippen molar-refractivity contribution in [2.75, 3.05) is 11.9 Å². The van der Waals surface area contributed by atoms with Crippen molar-refractivity contribution in [2.24, 2.45) is 0 Å². The van der Waals surface area contributed by atoms with E-state index in [2.05, 4.69) is 52.8 Å². The quantitative estimate of drug-likeness (QED) is 0.465. The third-order valence-corrected chi connectivity index (χ3v) is 5.35. The van der Waals surface area contributed by atoms with E-state index in [1.165, 1.54) is 11.3 Å². The highest BCUT2D eigenvalue weighted by molar-refractivity contribution is 9.10. The molecule has 0 aliphatic rings. The molecule has 0 radical (unpaired) electrons. The van der Waals surface area contributed by atoms with E-state index in [1.807, 2.05) is 37.3 Å². The van der Waals surface area contributed by atoms with Crippen LogP contribution in [0.4, 0.5) is 9.93 Å². The van der Waals surface area contributed by atoms with Crippen molar-refractivity contribution in [1.82, 2.24) is 25.5 Å². The molecule has 0 aliphatic carbocycles. The number of hydrogen-bond acceptors (Lipinski definition) is 6. The number of rotatable bonds is 4. The molecular weight excluding hydrogens is 440 g/mol. The minimum Gasteiger partial charge on any atom is -0.338 e. The summed E-state index contributed by atoms with van der Waals surface area (Å²) in [6.07, 6.45) is 3.46. The summed E-state index contributed by atoms with van der Waals surface area (Å²) in [5, 5.41) is 14.0. The number of amides is 2. The molecule has 0 unspecified atom stereocenters. The van der Waals surface area contributed by atoms with Gasteiger partial charge in [0, 0.05) is 23.9 Å². The number of nitrogens with one attached hydrogen (secondary N) is 2. The fraction of sp³-hybridized carbons (Fsp3) is 0.105. The third-order valence-electron chi connectivity index (χ3n) is 3.95. The van der Waals surface area contributed by atoms with E-state index in [0.29, 0.717) is 16.3 Å². The zero-order valence-corrected chi connectivity index (χ0v) is 17.2. The summed E-state index contributed by atoms with van der Waals surface area (Å²) in [5.41, 5.74) is 4.42. The number of anilines is 1. The van der Waals surface area contributed by atoms with Gasteiger partial charge in [0.15, 0.2) is 5.13 Å². The monoisotopic (exact) mass is 454 g/mol. The zero-order valence-electron chi connectivity index (χ0n) is 14.8. The van der Waals surface area contributed by atoms with Crippen LogP contribution in [0.3, 0.4) is 0 Å². The number of nitrogens with zero attached hydrogens (tertiary/aromatic N) is 4. The summed E-state index contributed by atoms with van der Waals surface area (Å²) in [6, 6.07) is 11.4. The molecule has 9 heteroatoms. The number of fused-ring (bicyclic) bond motifs is 1. The van der Waals surface area contributed by atoms with E-state index in [9.17, 15) is 4.79 Å². The van der Waals surface area contributed by atoms with Gasteiger partial charge in [-0.3, -0.25) is 10.3 Å². The fourth-order valence-corrected chi connectivity index (χ4v) is 4.07. The molecule has 4 aromatic rings. The maximum atomic E-state index is 11.9. The molecule has 28 heavy (non-hydrogen) atoms. The predicted octanol–water partition coefficient (Wildman–Crippen LogP) is 4.72. The van der Waals surface area contributed by atoms with Gasteiger partial charge in [0.1, 0.15) is 4.60 Å². The van der Waals surface area contributed by atoms with Crippen molar-refractivity contribution < 1.29 is 4.79 Å². The molecule has 4 rings (SSSR count). The maximum Gasteiger partial charge on any atom is 0.321 e. The molecule has 0 spiro atoms. The van der Waals surface area contributed by atoms with Crippen LogP contribution in [0.25, 0.3) is 32.6 Å². The van der Waals surface area contributed by atoms with E-state index in [1.54, 1.807) is 12.4 Å². The Hall–Kier alpha value is -2.91. The van der Waals surface area contributed by atoms with E-state index in [0.717, 1.165) is 32.6 Å². The summed E-state index contributed by atoms with van der Waals surface area (Å²) in [7, 11) is 0. The second kappa shape index (κ2) is 7.99. The van der Waals surface area contributed by atoms with Crippen molar-refractivity contribution in [2.45, 2.75) is 6.92 Å². The van der Waals surface area contributed by atoms with Crippen molar-refractivity contribution in [1.29, 1.82) is 0 Å². The normalized spacial score (nSPS) is 10.8. The molecule has 0 atom stereocenters. The van der Waals surface area contributed by atoms with Crippen molar-refractivity contribution in [3.05, 3.63) is 53.4 Å². The largest absolute Gasteiger partial charge is 0.338 e. The molecule has 2 amide bonds. The summed E-state index contributed by atoms with van der Waals surface area (Å²) in [5.74, 6) is 0. The van der Waals surface area contributed by atoms with Crippen LogP contribution in [0.5, 0.6) is 0 Å². The first-order valence-electron chi connectivity index (χ1n) is 8.53. The number of aromatic nitrogens is 4. The second-order valence-electron chi connectivity index (χ2n) is 5.86. The highest BCUT2D eigenvalue weighted by Gasteiger charge is 2.15. The highest BCUT2D eigenvalue weighted by atomic mass is 79.9. The Labute approximate surface area is 173 Å². The molecular formula is C19H15BrN6OS. The number of carbonyl (C=O) groups excluding carboxylic acids is 1. The standard InChI is InChI=1S/C19H15BrN6OS/c1-2-21-18(27)25-19-24-15-8-11(12-9-16(20)26-23-10-12)7-13(17(15)28-19)14-5-3-4-6-22-14/h3-10H,2H2,1H3,(H2,21,24,25,27). The molecule has 140 valence electrons. The van der Waals surface area contributed by atoms with Crippen molar-refractivity contribution in [3.63, 3.8) is 0 Å². The van der Waals surface area contributed by atoms with Crippen LogP contribution in [-0.4, -0.2) is 32.7 Å². The molecule has 7 nitrogen and oxygen atoms in total. The minimum absolute atomic E-state index is 0.275. The Morgan fingerprint density at radius 2 is 2.11 bits per heavy atom. The first-order chi connectivity index (χ1) is 13.6. The zero-order chi connectivity index (χ0) is 19.5. The van der Waals surface area contributed by atoms with Gasteiger partial charge >= 0.3 is 6.03 Å². The van der Waals surface area contributed by atoms with Gasteiger partial charge in [-0.2, -0.15) is 5.10 Å². The lowest BCUT2D eigenvalue weighted by molar-refractivity contribution is 0.252. The van der Waals surface area contributed by atoms with Gasteiger partial charge in [-0.15, -0.1) is 5.10 Å². The number of hydrogen-bond donors (Lipinski definition) is 2. The number of thiazole rings is 1. The first-order valence-corrected chi connectivity index (χ1v) is 10.1. The molecule has 0 aliphatic heterocycles. The topological polar surface area (TPSA) is 92.7 Å². The lowest BCUT2D eigenvalue weighted by atomic mass is 10.0. The molecule has 0 saturated heterocycles. The summed E-state index contributed by atoms with van der Waals surface area (Å²) < 4.78 is 1.61. The first kappa shape index (κ1) is 18.5.